The highest BCUT2D eigenvalue weighted by Gasteiger charge is 1.99. The number of unbranched alkanes of at least 4 members (excludes halogenated alkanes) is 2. The lowest BCUT2D eigenvalue weighted by Crippen LogP contribution is -2.14. The average Bonchev–Trinajstić information content (AvgIpc) is 1.66. The van der Waals surface area contributed by atoms with Crippen LogP contribution in [0.15, 0.2) is 0 Å². The minimum absolute atomic E-state index is 0.349. The molecule has 8 heavy (non-hydrogen) atoms. The first-order valence-corrected chi connectivity index (χ1v) is 3.34. The molecule has 0 aromatic heterocycles. The van der Waals surface area contributed by atoms with E-state index in [0.29, 0.717) is 6.04 Å². The van der Waals surface area contributed by atoms with E-state index < -0.39 is 0 Å². The molecule has 0 aliphatic carbocycles. The molecule has 0 saturated heterocycles. The van der Waals surface area contributed by atoms with Crippen LogP contribution in [-0.2, 0) is 0 Å². The third-order valence-corrected chi connectivity index (χ3v) is 1.03. The van der Waals surface area contributed by atoms with Crippen LogP contribution >= 0.6 is 0 Å². The number of nitrogens with two attached hydrogens (primary N) is 1. The molecule has 0 saturated carbocycles. The molecule has 0 aliphatic rings. The van der Waals surface area contributed by atoms with E-state index in [4.69, 9.17) is 5.73 Å². The molecule has 0 amide bonds. The van der Waals surface area contributed by atoms with Gasteiger partial charge in [-0.15, -0.1) is 0 Å². The Morgan fingerprint density at radius 2 is 2.25 bits per heavy atom. The van der Waals surface area contributed by atoms with Gasteiger partial charge in [0.2, 0.25) is 0 Å². The van der Waals surface area contributed by atoms with Gasteiger partial charge >= 0.3 is 0 Å². The van der Waals surface area contributed by atoms with Gasteiger partial charge in [0.05, 0.1) is 12.8 Å². The van der Waals surface area contributed by atoms with Crippen LogP contribution in [0.25, 0.3) is 0 Å². The van der Waals surface area contributed by atoms with Crippen molar-refractivity contribution in [3.63, 3.8) is 0 Å². The van der Waals surface area contributed by atoms with E-state index in [1.54, 1.807) is 0 Å². The molecule has 1 heteroatoms. The van der Waals surface area contributed by atoms with Crippen molar-refractivity contribution < 1.29 is 0 Å². The second-order valence-electron chi connectivity index (χ2n) is 2.29. The van der Waals surface area contributed by atoms with Crippen LogP contribution in [0.1, 0.15) is 33.1 Å². The van der Waals surface area contributed by atoms with Gasteiger partial charge in [-0.3, -0.25) is 0 Å². The van der Waals surface area contributed by atoms with Crippen LogP contribution in [0, 0.1) is 6.42 Å². The second-order valence-corrected chi connectivity index (χ2v) is 2.29. The monoisotopic (exact) mass is 114 g/mol. The molecule has 0 radical (unpaired) electrons. The molecule has 0 fully saturated rings. The van der Waals surface area contributed by atoms with Gasteiger partial charge in [0.25, 0.3) is 0 Å². The topological polar surface area (TPSA) is 26.0 Å². The van der Waals surface area contributed by atoms with Crippen molar-refractivity contribution in [3.8, 4) is 0 Å². The summed E-state index contributed by atoms with van der Waals surface area (Å²) >= 11 is 0. The number of hydrogen-bond acceptors (Lipinski definition) is 1. The molecule has 0 bridgehead atoms. The highest BCUT2D eigenvalue weighted by atomic mass is 14.6. The summed E-state index contributed by atoms with van der Waals surface area (Å²) in [6, 6.07) is 0.349. The zero-order valence-corrected chi connectivity index (χ0v) is 5.85. The summed E-state index contributed by atoms with van der Waals surface area (Å²) in [5.41, 5.74) is 5.50. The van der Waals surface area contributed by atoms with E-state index in [1.165, 1.54) is 12.8 Å². The minimum Gasteiger partial charge on any atom is -0.324 e. The predicted molar refractivity (Wildman–Crippen MR) is 37.5 cm³/mol. The molecular weight excluding hydrogens is 98.1 g/mol. The van der Waals surface area contributed by atoms with E-state index >= 15 is 0 Å². The third kappa shape index (κ3) is 5.83. The Morgan fingerprint density at radius 3 is 2.62 bits per heavy atom. The molecule has 2 N–H and O–H groups in total. The van der Waals surface area contributed by atoms with Gasteiger partial charge in [-0.2, -0.15) is 0 Å². The first kappa shape index (κ1) is 7.83. The van der Waals surface area contributed by atoms with E-state index in [2.05, 4.69) is 13.3 Å². The van der Waals surface area contributed by atoms with Gasteiger partial charge in [0.15, 0.2) is 0 Å². The van der Waals surface area contributed by atoms with Gasteiger partial charge in [-0.05, 0) is 13.3 Å². The first-order chi connectivity index (χ1) is 3.77. The van der Waals surface area contributed by atoms with Crippen LogP contribution in [0.2, 0.25) is 0 Å². The van der Waals surface area contributed by atoms with E-state index in [-0.39, 0.29) is 0 Å². The maximum Gasteiger partial charge on any atom is 0.102 e. The molecule has 0 aromatic rings. The molecule has 0 aliphatic heterocycles. The maximum atomic E-state index is 5.50. The van der Waals surface area contributed by atoms with Crippen molar-refractivity contribution in [1.29, 1.82) is 0 Å². The Balaban J connectivity index is 2.72. The van der Waals surface area contributed by atoms with Crippen LogP contribution < -0.4 is 5.73 Å². The molecule has 0 spiro atoms. The molecule has 0 rings (SSSR count). The molecule has 1 unspecified atom stereocenters. The van der Waals surface area contributed by atoms with Crippen molar-refractivity contribution in [1.82, 2.24) is 0 Å². The van der Waals surface area contributed by atoms with E-state index in [1.807, 2.05) is 6.92 Å². The van der Waals surface area contributed by atoms with Gasteiger partial charge < -0.3 is 5.73 Å². The van der Waals surface area contributed by atoms with E-state index in [0.717, 1.165) is 6.42 Å². The van der Waals surface area contributed by atoms with E-state index in [9.17, 15) is 0 Å². The zero-order chi connectivity index (χ0) is 6.41. The third-order valence-electron chi connectivity index (χ3n) is 1.03. The zero-order valence-electron chi connectivity index (χ0n) is 5.85. The Bertz CT molecular complexity index is 41.7. The smallest absolute Gasteiger partial charge is 0.102 e. The van der Waals surface area contributed by atoms with Gasteiger partial charge in [-0.1, -0.05) is 6.92 Å². The Kier molecular flexibility index (Phi) is 4.87. The Morgan fingerprint density at radius 1 is 1.62 bits per heavy atom. The average molecular weight is 114 g/mol. The molecule has 0 heterocycles. The van der Waals surface area contributed by atoms with Crippen molar-refractivity contribution in [2.45, 2.75) is 39.2 Å². The van der Waals surface area contributed by atoms with Gasteiger partial charge in [0.1, 0.15) is 6.42 Å². The minimum atomic E-state index is 0.349. The van der Waals surface area contributed by atoms with Gasteiger partial charge in [0, 0.05) is 6.04 Å². The molecular formula is C7H16N+. The van der Waals surface area contributed by atoms with Crippen LogP contribution in [0.5, 0.6) is 0 Å². The summed E-state index contributed by atoms with van der Waals surface area (Å²) < 4.78 is 0. The number of hydrogen-bond donors (Lipinski definition) is 1. The SMILES string of the molecule is CCC[CH+]CC(C)N. The van der Waals surface area contributed by atoms with Crippen LogP contribution in [-0.4, -0.2) is 6.04 Å². The van der Waals surface area contributed by atoms with Crippen molar-refractivity contribution in [2.24, 2.45) is 5.73 Å². The quantitative estimate of drug-likeness (QED) is 0.437. The fraction of sp³-hybridized carbons (Fsp3) is 0.857. The summed E-state index contributed by atoms with van der Waals surface area (Å²) in [6.07, 6.45) is 5.77. The van der Waals surface area contributed by atoms with Gasteiger partial charge in [-0.25, -0.2) is 0 Å². The summed E-state index contributed by atoms with van der Waals surface area (Å²) in [5, 5.41) is 0. The summed E-state index contributed by atoms with van der Waals surface area (Å²) in [7, 11) is 0. The Labute approximate surface area is 52.3 Å². The normalized spacial score (nSPS) is 13.4. The highest BCUT2D eigenvalue weighted by molar-refractivity contribution is 4.68. The lowest BCUT2D eigenvalue weighted by molar-refractivity contribution is 0.692. The number of rotatable bonds is 4. The standard InChI is InChI=1S/C7H16N/c1-3-4-5-6-7(2)8/h5,7H,3-4,6,8H2,1-2H3/q+1. The summed E-state index contributed by atoms with van der Waals surface area (Å²) in [5.74, 6) is 0. The molecule has 0 aromatic carbocycles. The van der Waals surface area contributed by atoms with Crippen molar-refractivity contribution in [2.75, 3.05) is 0 Å². The van der Waals surface area contributed by atoms with Crippen LogP contribution in [0.3, 0.4) is 0 Å². The lowest BCUT2D eigenvalue weighted by atomic mass is 10.1. The fourth-order valence-corrected chi connectivity index (χ4v) is 0.585. The Hall–Kier alpha value is -0.170. The molecule has 48 valence electrons. The lowest BCUT2D eigenvalue weighted by Gasteiger charge is -1.93. The fourth-order valence-electron chi connectivity index (χ4n) is 0.585. The van der Waals surface area contributed by atoms with Crippen LogP contribution in [0.4, 0.5) is 0 Å². The summed E-state index contributed by atoms with van der Waals surface area (Å²) in [4.78, 5) is 0. The first-order valence-electron chi connectivity index (χ1n) is 3.34. The summed E-state index contributed by atoms with van der Waals surface area (Å²) in [6.45, 7) is 4.21. The van der Waals surface area contributed by atoms with Crippen molar-refractivity contribution >= 4 is 0 Å². The largest absolute Gasteiger partial charge is 0.324 e. The van der Waals surface area contributed by atoms with Crippen molar-refractivity contribution in [3.05, 3.63) is 6.42 Å². The second kappa shape index (κ2) is 4.98. The maximum absolute atomic E-state index is 5.50. The highest BCUT2D eigenvalue weighted by Crippen LogP contribution is 1.98. The molecule has 1 nitrogen and oxygen atoms in total. The predicted octanol–water partition coefficient (Wildman–Crippen LogP) is 1.73. The molecule has 1 atom stereocenters.